The highest BCUT2D eigenvalue weighted by atomic mass is 35.5. The van der Waals surface area contributed by atoms with Gasteiger partial charge in [0.25, 0.3) is 5.91 Å². The third-order valence-corrected chi connectivity index (χ3v) is 4.21. The molecule has 0 spiro atoms. The van der Waals surface area contributed by atoms with E-state index in [9.17, 15) is 9.18 Å². The van der Waals surface area contributed by atoms with Crippen LogP contribution in [0, 0.1) is 5.82 Å². The van der Waals surface area contributed by atoms with Crippen LogP contribution in [0.4, 0.5) is 4.39 Å². The van der Waals surface area contributed by atoms with Crippen molar-refractivity contribution < 1.29 is 13.9 Å². The SMILES string of the molecule is CC(Oc1ccccc1F)C(=O)NCC1NCCc2ccccc21.Cl. The summed E-state index contributed by atoms with van der Waals surface area (Å²) in [6.07, 6.45) is 0.230. The summed E-state index contributed by atoms with van der Waals surface area (Å²) in [5, 5.41) is 6.30. The Bertz CT molecular complexity index is 726. The van der Waals surface area contributed by atoms with Crippen molar-refractivity contribution in [1.82, 2.24) is 10.6 Å². The average Bonchev–Trinajstić information content (AvgIpc) is 2.61. The van der Waals surface area contributed by atoms with E-state index in [1.165, 1.54) is 23.3 Å². The largest absolute Gasteiger partial charge is 0.478 e. The zero-order valence-electron chi connectivity index (χ0n) is 14.0. The molecule has 1 aliphatic rings. The number of fused-ring (bicyclic) bond motifs is 1. The lowest BCUT2D eigenvalue weighted by Crippen LogP contribution is -2.43. The van der Waals surface area contributed by atoms with Crippen LogP contribution in [0.25, 0.3) is 0 Å². The molecule has 2 aromatic carbocycles. The van der Waals surface area contributed by atoms with E-state index in [0.29, 0.717) is 6.54 Å². The van der Waals surface area contributed by atoms with Crippen molar-refractivity contribution in [3.8, 4) is 5.75 Å². The molecule has 1 aliphatic heterocycles. The maximum absolute atomic E-state index is 13.6. The van der Waals surface area contributed by atoms with Gasteiger partial charge in [0.05, 0.1) is 0 Å². The number of hydrogen-bond donors (Lipinski definition) is 2. The predicted molar refractivity (Wildman–Crippen MR) is 97.6 cm³/mol. The van der Waals surface area contributed by atoms with Crippen LogP contribution < -0.4 is 15.4 Å². The molecule has 0 bridgehead atoms. The van der Waals surface area contributed by atoms with E-state index >= 15 is 0 Å². The number of carbonyl (C=O) groups is 1. The van der Waals surface area contributed by atoms with E-state index < -0.39 is 11.9 Å². The molecular formula is C19H22ClFN2O2. The smallest absolute Gasteiger partial charge is 0.260 e. The maximum atomic E-state index is 13.6. The minimum Gasteiger partial charge on any atom is -0.478 e. The molecule has 0 aliphatic carbocycles. The first-order valence-corrected chi connectivity index (χ1v) is 8.15. The highest BCUT2D eigenvalue weighted by molar-refractivity contribution is 5.85. The van der Waals surface area contributed by atoms with E-state index in [4.69, 9.17) is 4.74 Å². The Morgan fingerprint density at radius 2 is 2.00 bits per heavy atom. The Balaban J connectivity index is 0.00000225. The fraction of sp³-hybridized carbons (Fsp3) is 0.316. The Morgan fingerprint density at radius 3 is 2.80 bits per heavy atom. The van der Waals surface area contributed by atoms with E-state index in [-0.39, 0.29) is 30.1 Å². The molecule has 2 unspecified atom stereocenters. The van der Waals surface area contributed by atoms with Crippen LogP contribution in [-0.2, 0) is 11.2 Å². The van der Waals surface area contributed by atoms with Crippen molar-refractivity contribution in [1.29, 1.82) is 0 Å². The van der Waals surface area contributed by atoms with Crippen LogP contribution in [0.2, 0.25) is 0 Å². The first-order valence-electron chi connectivity index (χ1n) is 8.15. The van der Waals surface area contributed by atoms with Crippen LogP contribution in [0.5, 0.6) is 5.75 Å². The van der Waals surface area contributed by atoms with Crippen LogP contribution in [0.3, 0.4) is 0 Å². The summed E-state index contributed by atoms with van der Waals surface area (Å²) in [7, 11) is 0. The lowest BCUT2D eigenvalue weighted by atomic mass is 9.94. The monoisotopic (exact) mass is 364 g/mol. The van der Waals surface area contributed by atoms with Gasteiger partial charge in [0.1, 0.15) is 0 Å². The van der Waals surface area contributed by atoms with Gasteiger partial charge >= 0.3 is 0 Å². The van der Waals surface area contributed by atoms with Gasteiger partial charge in [-0.1, -0.05) is 36.4 Å². The van der Waals surface area contributed by atoms with Crippen molar-refractivity contribution >= 4 is 18.3 Å². The molecule has 25 heavy (non-hydrogen) atoms. The molecule has 4 nitrogen and oxygen atoms in total. The molecule has 0 aromatic heterocycles. The summed E-state index contributed by atoms with van der Waals surface area (Å²) in [5.41, 5.74) is 2.53. The van der Waals surface area contributed by atoms with E-state index in [0.717, 1.165) is 13.0 Å². The second-order valence-electron chi connectivity index (χ2n) is 5.89. The van der Waals surface area contributed by atoms with Crippen molar-refractivity contribution in [2.45, 2.75) is 25.5 Å². The lowest BCUT2D eigenvalue weighted by Gasteiger charge is -2.27. The quantitative estimate of drug-likeness (QED) is 0.857. The standard InChI is InChI=1S/C19H21FN2O2.ClH/c1-13(24-18-9-5-4-8-16(18)20)19(23)22-12-17-15-7-3-2-6-14(15)10-11-21-17;/h2-9,13,17,21H,10-12H2,1H3,(H,22,23);1H. The third kappa shape index (κ3) is 4.71. The normalized spacial score (nSPS) is 17.0. The van der Waals surface area contributed by atoms with Crippen molar-refractivity contribution in [3.05, 3.63) is 65.5 Å². The number of hydrogen-bond acceptors (Lipinski definition) is 3. The molecule has 1 heterocycles. The first kappa shape index (κ1) is 19.2. The van der Waals surface area contributed by atoms with Crippen molar-refractivity contribution in [2.75, 3.05) is 13.1 Å². The summed E-state index contributed by atoms with van der Waals surface area (Å²) in [6, 6.07) is 14.4. The highest BCUT2D eigenvalue weighted by Gasteiger charge is 2.22. The topological polar surface area (TPSA) is 50.4 Å². The molecule has 2 N–H and O–H groups in total. The summed E-state index contributed by atoms with van der Waals surface area (Å²) < 4.78 is 19.0. The summed E-state index contributed by atoms with van der Waals surface area (Å²) in [5.74, 6) is -0.649. The maximum Gasteiger partial charge on any atom is 0.260 e. The number of ether oxygens (including phenoxy) is 1. The molecule has 1 amide bonds. The van der Waals surface area contributed by atoms with Crippen LogP contribution >= 0.6 is 12.4 Å². The van der Waals surface area contributed by atoms with Gasteiger partial charge in [-0.3, -0.25) is 4.79 Å². The van der Waals surface area contributed by atoms with E-state index in [1.807, 2.05) is 12.1 Å². The zero-order valence-corrected chi connectivity index (χ0v) is 14.8. The van der Waals surface area contributed by atoms with Gasteiger partial charge in [-0.05, 0) is 43.1 Å². The Hall–Kier alpha value is -2.11. The molecule has 134 valence electrons. The van der Waals surface area contributed by atoms with Crippen LogP contribution in [0.15, 0.2) is 48.5 Å². The van der Waals surface area contributed by atoms with Crippen molar-refractivity contribution in [3.63, 3.8) is 0 Å². The van der Waals surface area contributed by atoms with Crippen LogP contribution in [0.1, 0.15) is 24.1 Å². The Kier molecular flexibility index (Phi) is 6.79. The van der Waals surface area contributed by atoms with Gasteiger partial charge in [0.15, 0.2) is 17.7 Å². The molecule has 3 rings (SSSR count). The molecule has 0 radical (unpaired) electrons. The molecule has 6 heteroatoms. The van der Waals surface area contributed by atoms with Gasteiger partial charge in [0, 0.05) is 12.6 Å². The Labute approximate surface area is 153 Å². The van der Waals surface area contributed by atoms with Gasteiger partial charge in [0.2, 0.25) is 0 Å². The molecule has 2 aromatic rings. The third-order valence-electron chi connectivity index (χ3n) is 4.21. The number of para-hydroxylation sites is 1. The molecule has 0 fully saturated rings. The molecule has 0 saturated carbocycles. The second kappa shape index (κ2) is 8.83. The zero-order chi connectivity index (χ0) is 16.9. The average molecular weight is 365 g/mol. The molecule has 0 saturated heterocycles. The van der Waals surface area contributed by atoms with Gasteiger partial charge in [-0.15, -0.1) is 12.4 Å². The van der Waals surface area contributed by atoms with E-state index in [1.54, 1.807) is 19.1 Å². The number of rotatable bonds is 5. The number of nitrogens with one attached hydrogen (secondary N) is 2. The van der Waals surface area contributed by atoms with Gasteiger partial charge < -0.3 is 15.4 Å². The molecule has 2 atom stereocenters. The number of amides is 1. The Morgan fingerprint density at radius 1 is 1.28 bits per heavy atom. The van der Waals surface area contributed by atoms with Gasteiger partial charge in [-0.25, -0.2) is 4.39 Å². The van der Waals surface area contributed by atoms with E-state index in [2.05, 4.69) is 22.8 Å². The highest BCUT2D eigenvalue weighted by Crippen LogP contribution is 2.22. The van der Waals surface area contributed by atoms with Gasteiger partial charge in [-0.2, -0.15) is 0 Å². The van der Waals surface area contributed by atoms with Crippen molar-refractivity contribution in [2.24, 2.45) is 0 Å². The number of halogens is 2. The first-order chi connectivity index (χ1) is 11.6. The minimum atomic E-state index is -0.763. The van der Waals surface area contributed by atoms with Crippen LogP contribution in [-0.4, -0.2) is 25.1 Å². The summed E-state index contributed by atoms with van der Waals surface area (Å²) >= 11 is 0. The minimum absolute atomic E-state index is 0. The fourth-order valence-electron chi connectivity index (χ4n) is 2.91. The predicted octanol–water partition coefficient (Wildman–Crippen LogP) is 3.02. The fourth-order valence-corrected chi connectivity index (χ4v) is 2.91. The molecular weight excluding hydrogens is 343 g/mol. The lowest BCUT2D eigenvalue weighted by molar-refractivity contribution is -0.127. The second-order valence-corrected chi connectivity index (χ2v) is 5.89. The number of benzene rings is 2. The summed E-state index contributed by atoms with van der Waals surface area (Å²) in [4.78, 5) is 12.2. The number of carbonyl (C=O) groups excluding carboxylic acids is 1. The summed E-state index contributed by atoms with van der Waals surface area (Å²) in [6.45, 7) is 2.98.